The molecule has 0 fully saturated rings. The second-order valence-corrected chi connectivity index (χ2v) is 6.29. The number of aromatic nitrogens is 3. The van der Waals surface area contributed by atoms with Crippen LogP contribution in [0.15, 0.2) is 39.6 Å². The van der Waals surface area contributed by atoms with E-state index in [1.54, 1.807) is 16.4 Å². The van der Waals surface area contributed by atoms with Crippen molar-refractivity contribution in [3.63, 3.8) is 0 Å². The van der Waals surface area contributed by atoms with Gasteiger partial charge in [-0.1, -0.05) is 23.4 Å². The van der Waals surface area contributed by atoms with Gasteiger partial charge in [0.2, 0.25) is 5.91 Å². The Morgan fingerprint density at radius 2 is 1.88 bits per heavy atom. The van der Waals surface area contributed by atoms with Crippen LogP contribution in [0, 0.1) is 20.8 Å². The molecule has 0 spiro atoms. The fraction of sp³-hybridized carbons (Fsp3) is 0.316. The first-order valence-corrected chi connectivity index (χ1v) is 8.45. The van der Waals surface area contributed by atoms with Crippen molar-refractivity contribution in [1.82, 2.24) is 14.5 Å². The molecule has 0 aliphatic heterocycles. The average molecular weight is 354 g/mol. The number of nitrogens with zero attached hydrogens (tertiary/aromatic N) is 3. The topological polar surface area (TPSA) is 82.1 Å². The molecule has 0 aliphatic carbocycles. The molecule has 3 aromatic rings. The number of benzene rings is 1. The van der Waals surface area contributed by atoms with E-state index in [0.29, 0.717) is 17.8 Å². The Labute approximate surface area is 151 Å². The van der Waals surface area contributed by atoms with Gasteiger partial charge in [-0.25, -0.2) is 4.68 Å². The van der Waals surface area contributed by atoms with Gasteiger partial charge >= 0.3 is 0 Å². The van der Waals surface area contributed by atoms with E-state index in [4.69, 9.17) is 4.52 Å². The highest BCUT2D eigenvalue weighted by Crippen LogP contribution is 2.17. The summed E-state index contributed by atoms with van der Waals surface area (Å²) in [6.45, 7) is 5.49. The Kier molecular flexibility index (Phi) is 4.79. The van der Waals surface area contributed by atoms with E-state index >= 15 is 0 Å². The molecule has 0 atom stereocenters. The van der Waals surface area contributed by atoms with Crippen LogP contribution in [-0.4, -0.2) is 20.4 Å². The Morgan fingerprint density at radius 1 is 1.19 bits per heavy atom. The molecule has 1 amide bonds. The third kappa shape index (κ3) is 3.20. The highest BCUT2D eigenvalue weighted by molar-refractivity contribution is 5.91. The summed E-state index contributed by atoms with van der Waals surface area (Å²) in [5, 5.41) is 6.66. The molecule has 0 radical (unpaired) electrons. The van der Waals surface area contributed by atoms with Gasteiger partial charge in [-0.2, -0.15) is 0 Å². The number of carbonyl (C=O) groups excluding carboxylic acids is 1. The number of carbonyl (C=O) groups is 1. The average Bonchev–Trinajstić information content (AvgIpc) is 3.05. The lowest BCUT2D eigenvalue weighted by Crippen LogP contribution is -2.23. The molecule has 7 heteroatoms. The maximum Gasteiger partial charge on any atom is 0.295 e. The van der Waals surface area contributed by atoms with Crippen LogP contribution in [0.3, 0.4) is 0 Å². The summed E-state index contributed by atoms with van der Waals surface area (Å²) in [7, 11) is 1.79. The summed E-state index contributed by atoms with van der Waals surface area (Å²) in [4.78, 5) is 25.2. The van der Waals surface area contributed by atoms with Gasteiger partial charge < -0.3 is 9.84 Å². The zero-order valence-electron chi connectivity index (χ0n) is 15.4. The van der Waals surface area contributed by atoms with E-state index in [9.17, 15) is 9.59 Å². The molecule has 1 aromatic carbocycles. The Bertz CT molecular complexity index is 976. The minimum Gasteiger partial charge on any atom is -0.361 e. The molecule has 1 N–H and O–H groups in total. The molecule has 0 saturated carbocycles. The summed E-state index contributed by atoms with van der Waals surface area (Å²) < 4.78 is 8.39. The summed E-state index contributed by atoms with van der Waals surface area (Å²) in [6.07, 6.45) is 0.772. The van der Waals surface area contributed by atoms with E-state index in [0.717, 1.165) is 22.7 Å². The molecular formula is C19H22N4O3. The van der Waals surface area contributed by atoms with Crippen molar-refractivity contribution in [3.8, 4) is 5.69 Å². The molecule has 0 saturated heterocycles. The van der Waals surface area contributed by atoms with E-state index in [-0.39, 0.29) is 17.9 Å². The summed E-state index contributed by atoms with van der Waals surface area (Å²) in [5.41, 5.74) is 3.23. The van der Waals surface area contributed by atoms with Gasteiger partial charge in [0.25, 0.3) is 5.56 Å². The fourth-order valence-corrected chi connectivity index (χ4v) is 3.01. The summed E-state index contributed by atoms with van der Waals surface area (Å²) in [6, 6.07) is 9.33. The number of amides is 1. The Balaban J connectivity index is 1.80. The molecule has 3 rings (SSSR count). The van der Waals surface area contributed by atoms with E-state index in [2.05, 4.69) is 10.5 Å². The second-order valence-electron chi connectivity index (χ2n) is 6.29. The van der Waals surface area contributed by atoms with Crippen LogP contribution in [0.5, 0.6) is 0 Å². The van der Waals surface area contributed by atoms with Gasteiger partial charge in [0.15, 0.2) is 0 Å². The quantitative estimate of drug-likeness (QED) is 0.764. The van der Waals surface area contributed by atoms with Crippen molar-refractivity contribution in [2.45, 2.75) is 33.6 Å². The third-order valence-electron chi connectivity index (χ3n) is 4.60. The first kappa shape index (κ1) is 17.7. The number of para-hydroxylation sites is 1. The van der Waals surface area contributed by atoms with E-state index in [1.807, 2.05) is 51.1 Å². The van der Waals surface area contributed by atoms with Gasteiger partial charge in [0.1, 0.15) is 11.4 Å². The monoisotopic (exact) mass is 354 g/mol. The van der Waals surface area contributed by atoms with E-state index < -0.39 is 0 Å². The predicted octanol–water partition coefficient (Wildman–Crippen LogP) is 2.66. The number of nitrogens with one attached hydrogen (secondary N) is 1. The number of aryl methyl sites for hydroxylation is 2. The zero-order chi connectivity index (χ0) is 18.8. The molecule has 0 bridgehead atoms. The smallest absolute Gasteiger partial charge is 0.295 e. The largest absolute Gasteiger partial charge is 0.361 e. The van der Waals surface area contributed by atoms with Gasteiger partial charge in [-0.3, -0.25) is 14.3 Å². The van der Waals surface area contributed by atoms with Gasteiger partial charge in [-0.05, 0) is 39.3 Å². The van der Waals surface area contributed by atoms with Crippen molar-refractivity contribution >= 4 is 11.6 Å². The normalized spacial score (nSPS) is 10.9. The minimum atomic E-state index is -0.248. The molecule has 0 unspecified atom stereocenters. The van der Waals surface area contributed by atoms with Crippen LogP contribution < -0.4 is 10.9 Å². The molecule has 2 heterocycles. The summed E-state index contributed by atoms with van der Waals surface area (Å²) in [5.74, 6) is 0.508. The molecular weight excluding hydrogens is 332 g/mol. The maximum atomic E-state index is 12.8. The van der Waals surface area contributed by atoms with Crippen molar-refractivity contribution in [2.24, 2.45) is 7.05 Å². The molecule has 7 nitrogen and oxygen atoms in total. The first-order chi connectivity index (χ1) is 12.4. The van der Waals surface area contributed by atoms with Crippen LogP contribution in [0.25, 0.3) is 5.69 Å². The maximum absolute atomic E-state index is 12.8. The highest BCUT2D eigenvalue weighted by atomic mass is 16.5. The second kappa shape index (κ2) is 7.03. The number of hydrogen-bond donors (Lipinski definition) is 1. The lowest BCUT2D eigenvalue weighted by Gasteiger charge is -2.07. The molecule has 0 aliphatic rings. The highest BCUT2D eigenvalue weighted by Gasteiger charge is 2.18. The standard InChI is InChI=1S/C19H22N4O3/c1-12-16(14(3)26-21-12)10-11-17(24)20-18-13(2)22(4)23(19(18)25)15-8-6-5-7-9-15/h5-9H,10-11H2,1-4H3,(H,20,24). The first-order valence-electron chi connectivity index (χ1n) is 8.45. The van der Waals surface area contributed by atoms with Crippen LogP contribution >= 0.6 is 0 Å². The molecule has 136 valence electrons. The zero-order valence-corrected chi connectivity index (χ0v) is 15.4. The lowest BCUT2D eigenvalue weighted by atomic mass is 10.1. The van der Waals surface area contributed by atoms with Crippen LogP contribution in [0.4, 0.5) is 5.69 Å². The number of hydrogen-bond acceptors (Lipinski definition) is 4. The molecule has 2 aromatic heterocycles. The van der Waals surface area contributed by atoms with Crippen molar-refractivity contribution in [3.05, 3.63) is 63.4 Å². The van der Waals surface area contributed by atoms with Crippen LogP contribution in [0.1, 0.15) is 29.1 Å². The van der Waals surface area contributed by atoms with Gasteiger partial charge in [0.05, 0.1) is 17.1 Å². The van der Waals surface area contributed by atoms with Gasteiger partial charge in [-0.15, -0.1) is 0 Å². The Hall–Kier alpha value is -3.09. The SMILES string of the molecule is Cc1noc(C)c1CCC(=O)Nc1c(C)n(C)n(-c2ccccc2)c1=O. The number of anilines is 1. The van der Waals surface area contributed by atoms with Crippen LogP contribution in [-0.2, 0) is 18.3 Å². The Morgan fingerprint density at radius 3 is 2.50 bits per heavy atom. The van der Waals surface area contributed by atoms with Crippen molar-refractivity contribution in [1.29, 1.82) is 0 Å². The minimum absolute atomic E-state index is 0.212. The molecule has 26 heavy (non-hydrogen) atoms. The van der Waals surface area contributed by atoms with Crippen LogP contribution in [0.2, 0.25) is 0 Å². The third-order valence-corrected chi connectivity index (χ3v) is 4.60. The van der Waals surface area contributed by atoms with Crippen molar-refractivity contribution < 1.29 is 9.32 Å². The van der Waals surface area contributed by atoms with E-state index in [1.165, 1.54) is 0 Å². The number of rotatable bonds is 5. The summed E-state index contributed by atoms with van der Waals surface area (Å²) >= 11 is 0. The lowest BCUT2D eigenvalue weighted by molar-refractivity contribution is -0.116. The predicted molar refractivity (Wildman–Crippen MR) is 98.7 cm³/mol. The fourth-order valence-electron chi connectivity index (χ4n) is 3.01. The van der Waals surface area contributed by atoms with Crippen molar-refractivity contribution in [2.75, 3.05) is 5.32 Å². The van der Waals surface area contributed by atoms with Gasteiger partial charge in [0, 0.05) is 19.0 Å².